The Kier molecular flexibility index (Phi) is 5.90. The van der Waals surface area contributed by atoms with Gasteiger partial charge in [0, 0.05) is 17.6 Å². The summed E-state index contributed by atoms with van der Waals surface area (Å²) in [7, 11) is 0. The zero-order valence-electron chi connectivity index (χ0n) is 11.6. The Labute approximate surface area is 127 Å². The number of ether oxygens (including phenoxy) is 1. The van der Waals surface area contributed by atoms with Gasteiger partial charge < -0.3 is 10.1 Å². The molecule has 21 heavy (non-hydrogen) atoms. The first-order valence-electron chi connectivity index (χ1n) is 7.08. The molecule has 1 aliphatic carbocycles. The molecule has 0 spiro atoms. The molecule has 0 saturated heterocycles. The molecule has 2 rings (SSSR count). The van der Waals surface area contributed by atoms with Crippen LogP contribution in [0.25, 0.3) is 0 Å². The highest BCUT2D eigenvalue weighted by molar-refractivity contribution is 6.30. The molecule has 1 N–H and O–H groups in total. The molecule has 0 bridgehead atoms. The largest absolute Gasteiger partial charge is 0.411 e. The highest BCUT2D eigenvalue weighted by atomic mass is 35.5. The van der Waals surface area contributed by atoms with Gasteiger partial charge in [-0.25, -0.2) is 0 Å². The van der Waals surface area contributed by atoms with E-state index in [9.17, 15) is 13.2 Å². The smallest absolute Gasteiger partial charge is 0.369 e. The lowest BCUT2D eigenvalue weighted by molar-refractivity contribution is -0.188. The van der Waals surface area contributed by atoms with Crippen LogP contribution in [0.2, 0.25) is 5.02 Å². The van der Waals surface area contributed by atoms with Crippen molar-refractivity contribution < 1.29 is 17.9 Å². The Morgan fingerprint density at radius 2 is 1.90 bits per heavy atom. The van der Waals surface area contributed by atoms with E-state index in [0.29, 0.717) is 24.4 Å². The topological polar surface area (TPSA) is 21.3 Å². The van der Waals surface area contributed by atoms with Crippen LogP contribution in [0.4, 0.5) is 13.2 Å². The summed E-state index contributed by atoms with van der Waals surface area (Å²) in [6, 6.07) is 7.74. The number of rotatable bonds is 5. The fourth-order valence-electron chi connectivity index (χ4n) is 2.56. The van der Waals surface area contributed by atoms with Crippen molar-refractivity contribution >= 4 is 11.6 Å². The molecule has 1 fully saturated rings. The van der Waals surface area contributed by atoms with Crippen molar-refractivity contribution in [2.24, 2.45) is 0 Å². The van der Waals surface area contributed by atoms with Crippen LogP contribution in [0.5, 0.6) is 0 Å². The van der Waals surface area contributed by atoms with Gasteiger partial charge in [0.25, 0.3) is 0 Å². The van der Waals surface area contributed by atoms with Crippen LogP contribution in [0.3, 0.4) is 0 Å². The van der Waals surface area contributed by atoms with E-state index in [2.05, 4.69) is 5.32 Å². The van der Waals surface area contributed by atoms with E-state index < -0.39 is 12.8 Å². The van der Waals surface area contributed by atoms with Crippen molar-refractivity contribution in [2.75, 3.05) is 6.61 Å². The molecule has 2 nitrogen and oxygen atoms in total. The second-order valence-corrected chi connectivity index (χ2v) is 5.86. The van der Waals surface area contributed by atoms with Gasteiger partial charge in [0.1, 0.15) is 6.61 Å². The maximum Gasteiger partial charge on any atom is 0.411 e. The van der Waals surface area contributed by atoms with Gasteiger partial charge in [0.2, 0.25) is 0 Å². The van der Waals surface area contributed by atoms with Gasteiger partial charge in [0.05, 0.1) is 6.10 Å². The molecule has 2 unspecified atom stereocenters. The number of benzene rings is 1. The minimum Gasteiger partial charge on any atom is -0.369 e. The van der Waals surface area contributed by atoms with Gasteiger partial charge in [-0.3, -0.25) is 0 Å². The highest BCUT2D eigenvalue weighted by Gasteiger charge is 2.31. The predicted molar refractivity (Wildman–Crippen MR) is 76.3 cm³/mol. The minimum atomic E-state index is -4.25. The van der Waals surface area contributed by atoms with Crippen LogP contribution in [0.1, 0.15) is 31.2 Å². The summed E-state index contributed by atoms with van der Waals surface area (Å²) in [4.78, 5) is 0. The molecule has 1 aliphatic rings. The maximum absolute atomic E-state index is 12.2. The lowest BCUT2D eigenvalue weighted by Gasteiger charge is -2.30. The van der Waals surface area contributed by atoms with Crippen LogP contribution in [0.15, 0.2) is 24.3 Å². The van der Waals surface area contributed by atoms with Crippen molar-refractivity contribution in [3.8, 4) is 0 Å². The van der Waals surface area contributed by atoms with Crippen LogP contribution in [-0.2, 0) is 11.3 Å². The Balaban J connectivity index is 1.74. The molecule has 1 aromatic rings. The summed E-state index contributed by atoms with van der Waals surface area (Å²) in [6.45, 7) is -0.463. The average molecular weight is 322 g/mol. The molecule has 1 aromatic carbocycles. The molecule has 0 amide bonds. The van der Waals surface area contributed by atoms with Gasteiger partial charge in [-0.15, -0.1) is 0 Å². The fourth-order valence-corrected chi connectivity index (χ4v) is 2.68. The molecule has 118 valence electrons. The molecule has 1 saturated carbocycles. The van der Waals surface area contributed by atoms with Crippen LogP contribution in [0, 0.1) is 0 Å². The molecule has 2 atom stereocenters. The average Bonchev–Trinajstić information content (AvgIpc) is 2.44. The van der Waals surface area contributed by atoms with Crippen LogP contribution < -0.4 is 5.32 Å². The van der Waals surface area contributed by atoms with Gasteiger partial charge in [-0.1, -0.05) is 23.7 Å². The number of nitrogens with one attached hydrogen (secondary N) is 1. The molecule has 0 heterocycles. The summed E-state index contributed by atoms with van der Waals surface area (Å²) in [5.41, 5.74) is 1.11. The van der Waals surface area contributed by atoms with Crippen molar-refractivity contribution in [2.45, 2.75) is 50.6 Å². The second-order valence-electron chi connectivity index (χ2n) is 5.42. The van der Waals surface area contributed by atoms with Crippen LogP contribution >= 0.6 is 11.6 Å². The number of alkyl halides is 3. The Bertz CT molecular complexity index is 436. The van der Waals surface area contributed by atoms with E-state index in [0.717, 1.165) is 18.4 Å². The quantitative estimate of drug-likeness (QED) is 0.872. The summed E-state index contributed by atoms with van der Waals surface area (Å²) in [6.07, 6.45) is -1.36. The van der Waals surface area contributed by atoms with E-state index in [1.165, 1.54) is 0 Å². The highest BCUT2D eigenvalue weighted by Crippen LogP contribution is 2.24. The van der Waals surface area contributed by atoms with E-state index in [1.54, 1.807) is 0 Å². The fraction of sp³-hybridized carbons (Fsp3) is 0.600. The van der Waals surface area contributed by atoms with Crippen molar-refractivity contribution in [1.82, 2.24) is 5.32 Å². The lowest BCUT2D eigenvalue weighted by Crippen LogP contribution is -2.37. The molecule has 0 aliphatic heterocycles. The summed E-state index contributed by atoms with van der Waals surface area (Å²) in [5, 5.41) is 4.07. The van der Waals surface area contributed by atoms with E-state index in [-0.39, 0.29) is 12.1 Å². The first-order chi connectivity index (χ1) is 9.92. The predicted octanol–water partition coefficient (Wildman–Crippen LogP) is 4.32. The minimum absolute atomic E-state index is 0.202. The van der Waals surface area contributed by atoms with Crippen molar-refractivity contribution in [3.63, 3.8) is 0 Å². The van der Waals surface area contributed by atoms with E-state index in [4.69, 9.17) is 16.3 Å². The van der Waals surface area contributed by atoms with Gasteiger partial charge in [-0.2, -0.15) is 13.2 Å². The van der Waals surface area contributed by atoms with E-state index >= 15 is 0 Å². The molecule has 0 aromatic heterocycles. The Morgan fingerprint density at radius 3 is 2.57 bits per heavy atom. The lowest BCUT2D eigenvalue weighted by atomic mass is 9.92. The van der Waals surface area contributed by atoms with Crippen molar-refractivity contribution in [3.05, 3.63) is 34.9 Å². The standard InChI is InChI=1S/C15H19ClF3NO/c16-12-6-4-11(5-7-12)9-20-13-2-1-3-14(8-13)21-10-15(17,18)19/h4-7,13-14,20H,1-3,8-10H2. The van der Waals surface area contributed by atoms with Crippen LogP contribution in [-0.4, -0.2) is 24.9 Å². The summed E-state index contributed by atoms with van der Waals surface area (Å²) >= 11 is 5.82. The third-order valence-corrected chi connectivity index (χ3v) is 3.87. The molecule has 6 heteroatoms. The molecular weight excluding hydrogens is 303 g/mol. The Morgan fingerprint density at radius 1 is 1.19 bits per heavy atom. The number of hydrogen-bond acceptors (Lipinski definition) is 2. The van der Waals surface area contributed by atoms with Gasteiger partial charge in [0.15, 0.2) is 0 Å². The second kappa shape index (κ2) is 7.47. The molecular formula is C15H19ClF3NO. The summed E-state index contributed by atoms with van der Waals surface area (Å²) in [5.74, 6) is 0. The number of halogens is 4. The van der Waals surface area contributed by atoms with E-state index in [1.807, 2.05) is 24.3 Å². The van der Waals surface area contributed by atoms with Crippen molar-refractivity contribution in [1.29, 1.82) is 0 Å². The number of hydrogen-bond donors (Lipinski definition) is 1. The third kappa shape index (κ3) is 6.24. The monoisotopic (exact) mass is 321 g/mol. The third-order valence-electron chi connectivity index (χ3n) is 3.62. The molecule has 0 radical (unpaired) electrons. The first kappa shape index (κ1) is 16.6. The zero-order valence-corrected chi connectivity index (χ0v) is 12.4. The normalized spacial score (nSPS) is 23.2. The van der Waals surface area contributed by atoms with Gasteiger partial charge in [-0.05, 0) is 43.4 Å². The SMILES string of the molecule is FC(F)(F)COC1CCCC(NCc2ccc(Cl)cc2)C1. The zero-order chi connectivity index (χ0) is 15.3. The first-order valence-corrected chi connectivity index (χ1v) is 7.46. The summed E-state index contributed by atoms with van der Waals surface area (Å²) < 4.78 is 41.4. The van der Waals surface area contributed by atoms with Gasteiger partial charge >= 0.3 is 6.18 Å². The Hall–Kier alpha value is -0.780. The maximum atomic E-state index is 12.2.